The van der Waals surface area contributed by atoms with Crippen molar-refractivity contribution in [1.29, 1.82) is 0 Å². The lowest BCUT2D eigenvalue weighted by atomic mass is 10.00. The van der Waals surface area contributed by atoms with Crippen molar-refractivity contribution < 1.29 is 14.8 Å². The summed E-state index contributed by atoms with van der Waals surface area (Å²) in [7, 11) is 1.41. The van der Waals surface area contributed by atoms with Gasteiger partial charge in [0.15, 0.2) is 5.75 Å². The van der Waals surface area contributed by atoms with E-state index < -0.39 is 4.92 Å². The predicted octanol–water partition coefficient (Wildman–Crippen LogP) is 2.81. The van der Waals surface area contributed by atoms with Crippen molar-refractivity contribution in [3.05, 3.63) is 28.3 Å². The fourth-order valence-electron chi connectivity index (χ4n) is 2.21. The first kappa shape index (κ1) is 16.2. The summed E-state index contributed by atoms with van der Waals surface area (Å²) < 4.78 is 5.03. The molecule has 0 saturated heterocycles. The Morgan fingerprint density at radius 2 is 2.20 bits per heavy atom. The molecule has 1 aromatic carbocycles. The molecule has 0 fully saturated rings. The number of para-hydroxylation sites is 1. The van der Waals surface area contributed by atoms with Gasteiger partial charge in [0.05, 0.1) is 12.0 Å². The number of hydrogen-bond acceptors (Lipinski definition) is 5. The molecule has 0 aliphatic rings. The minimum atomic E-state index is -0.442. The zero-order valence-electron chi connectivity index (χ0n) is 12.0. The largest absolute Gasteiger partial charge is 0.490 e. The molecule has 0 spiro atoms. The van der Waals surface area contributed by atoms with Crippen molar-refractivity contribution in [3.63, 3.8) is 0 Å². The maximum atomic E-state index is 11.1. The first-order valence-electron chi connectivity index (χ1n) is 6.80. The van der Waals surface area contributed by atoms with Crippen molar-refractivity contribution >= 4 is 11.4 Å². The van der Waals surface area contributed by atoms with E-state index >= 15 is 0 Å². The number of methoxy groups -OCH3 is 1. The van der Waals surface area contributed by atoms with E-state index in [1.165, 1.54) is 7.11 Å². The molecule has 0 aliphatic heterocycles. The van der Waals surface area contributed by atoms with Gasteiger partial charge in [-0.3, -0.25) is 10.1 Å². The zero-order chi connectivity index (χ0) is 15.0. The third-order valence-electron chi connectivity index (χ3n) is 3.22. The van der Waals surface area contributed by atoms with Crippen LogP contribution in [0.4, 0.5) is 11.4 Å². The van der Waals surface area contributed by atoms with Crippen molar-refractivity contribution in [1.82, 2.24) is 0 Å². The topological polar surface area (TPSA) is 84.6 Å². The standard InChI is InChI=1S/C14H22N2O4/c1-3-5-11(8-9-17)10-15-12-6-4-7-13(20-2)14(12)16(18)19/h4,6-7,11,15,17H,3,5,8-10H2,1-2H3. The van der Waals surface area contributed by atoms with Gasteiger partial charge in [-0.05, 0) is 30.9 Å². The minimum Gasteiger partial charge on any atom is -0.490 e. The third kappa shape index (κ3) is 4.38. The molecule has 0 bridgehead atoms. The number of nitrogens with one attached hydrogen (secondary N) is 1. The molecule has 0 aliphatic carbocycles. The van der Waals surface area contributed by atoms with Crippen LogP contribution in [0.3, 0.4) is 0 Å². The summed E-state index contributed by atoms with van der Waals surface area (Å²) in [5.41, 5.74) is 0.405. The molecule has 0 radical (unpaired) electrons. The van der Waals surface area contributed by atoms with Gasteiger partial charge in [0.25, 0.3) is 0 Å². The Balaban J connectivity index is 2.83. The van der Waals surface area contributed by atoms with Gasteiger partial charge < -0.3 is 15.2 Å². The number of nitrogens with zero attached hydrogens (tertiary/aromatic N) is 1. The van der Waals surface area contributed by atoms with Gasteiger partial charge in [-0.15, -0.1) is 0 Å². The highest BCUT2D eigenvalue weighted by Crippen LogP contribution is 2.34. The second kappa shape index (κ2) is 8.37. The fourth-order valence-corrected chi connectivity index (χ4v) is 2.21. The van der Waals surface area contributed by atoms with Gasteiger partial charge in [-0.2, -0.15) is 0 Å². The Morgan fingerprint density at radius 1 is 1.45 bits per heavy atom. The number of nitro benzene ring substituents is 1. The maximum Gasteiger partial charge on any atom is 0.333 e. The summed E-state index contributed by atoms with van der Waals surface area (Å²) in [5, 5.41) is 23.3. The Kier molecular flexibility index (Phi) is 6.79. The Bertz CT molecular complexity index is 431. The first-order valence-corrected chi connectivity index (χ1v) is 6.80. The van der Waals surface area contributed by atoms with Gasteiger partial charge >= 0.3 is 5.69 Å². The lowest BCUT2D eigenvalue weighted by molar-refractivity contribution is -0.384. The fraction of sp³-hybridized carbons (Fsp3) is 0.571. The smallest absolute Gasteiger partial charge is 0.333 e. The van der Waals surface area contributed by atoms with Crippen LogP contribution in [0.1, 0.15) is 26.2 Å². The average Bonchev–Trinajstić information content (AvgIpc) is 2.44. The number of anilines is 1. The van der Waals surface area contributed by atoms with E-state index in [-0.39, 0.29) is 18.0 Å². The summed E-state index contributed by atoms with van der Waals surface area (Å²) >= 11 is 0. The average molecular weight is 282 g/mol. The first-order chi connectivity index (χ1) is 9.63. The number of hydrogen-bond donors (Lipinski definition) is 2. The number of ether oxygens (including phenoxy) is 1. The lowest BCUT2D eigenvalue weighted by Gasteiger charge is -2.17. The molecular weight excluding hydrogens is 260 g/mol. The molecule has 2 N–H and O–H groups in total. The van der Waals surface area contributed by atoms with Gasteiger partial charge in [0.2, 0.25) is 0 Å². The van der Waals surface area contributed by atoms with E-state index in [0.29, 0.717) is 24.6 Å². The summed E-state index contributed by atoms with van der Waals surface area (Å²) in [6.07, 6.45) is 2.69. The van der Waals surface area contributed by atoms with Crippen LogP contribution in [-0.4, -0.2) is 30.3 Å². The van der Waals surface area contributed by atoms with Crippen molar-refractivity contribution in [3.8, 4) is 5.75 Å². The van der Waals surface area contributed by atoms with Crippen molar-refractivity contribution in [2.45, 2.75) is 26.2 Å². The maximum absolute atomic E-state index is 11.1. The van der Waals surface area contributed by atoms with Gasteiger partial charge in [-0.25, -0.2) is 0 Å². The summed E-state index contributed by atoms with van der Waals surface area (Å²) in [5.74, 6) is 0.546. The molecule has 6 nitrogen and oxygen atoms in total. The highest BCUT2D eigenvalue weighted by atomic mass is 16.6. The van der Waals surface area contributed by atoms with Crippen LogP contribution in [0, 0.1) is 16.0 Å². The van der Waals surface area contributed by atoms with Crippen LogP contribution in [0.5, 0.6) is 5.75 Å². The van der Waals surface area contributed by atoms with Gasteiger partial charge in [0, 0.05) is 13.2 Å². The minimum absolute atomic E-state index is 0.0470. The molecule has 1 rings (SSSR count). The molecule has 6 heteroatoms. The lowest BCUT2D eigenvalue weighted by Crippen LogP contribution is -2.16. The SMILES string of the molecule is CCCC(CCO)CNc1cccc(OC)c1[N+](=O)[O-]. The van der Waals surface area contributed by atoms with E-state index in [0.717, 1.165) is 12.8 Å². The van der Waals surface area contributed by atoms with E-state index in [1.807, 2.05) is 0 Å². The van der Waals surface area contributed by atoms with E-state index in [2.05, 4.69) is 12.2 Å². The van der Waals surface area contributed by atoms with Gasteiger partial charge in [0.1, 0.15) is 5.69 Å². The van der Waals surface area contributed by atoms with E-state index in [4.69, 9.17) is 9.84 Å². The van der Waals surface area contributed by atoms with Crippen LogP contribution in [0.15, 0.2) is 18.2 Å². The van der Waals surface area contributed by atoms with Crippen LogP contribution in [0.2, 0.25) is 0 Å². The second-order valence-electron chi connectivity index (χ2n) is 4.66. The third-order valence-corrected chi connectivity index (χ3v) is 3.22. The summed E-state index contributed by atoms with van der Waals surface area (Å²) in [6, 6.07) is 4.96. The molecule has 20 heavy (non-hydrogen) atoms. The number of aliphatic hydroxyl groups excluding tert-OH is 1. The monoisotopic (exact) mass is 282 g/mol. The molecule has 1 atom stereocenters. The highest BCUT2D eigenvalue weighted by Gasteiger charge is 2.20. The molecule has 1 aromatic rings. The molecule has 112 valence electrons. The Hall–Kier alpha value is -1.82. The van der Waals surface area contributed by atoms with Crippen LogP contribution >= 0.6 is 0 Å². The van der Waals surface area contributed by atoms with Crippen LogP contribution in [-0.2, 0) is 0 Å². The zero-order valence-corrected chi connectivity index (χ0v) is 12.0. The molecule has 0 saturated carbocycles. The highest BCUT2D eigenvalue weighted by molar-refractivity contribution is 5.68. The van der Waals surface area contributed by atoms with Crippen molar-refractivity contribution in [2.24, 2.45) is 5.92 Å². The number of rotatable bonds is 9. The van der Waals surface area contributed by atoms with E-state index in [1.54, 1.807) is 18.2 Å². The number of benzene rings is 1. The van der Waals surface area contributed by atoms with Gasteiger partial charge in [-0.1, -0.05) is 19.4 Å². The molecule has 0 heterocycles. The molecule has 0 amide bonds. The molecule has 0 aromatic heterocycles. The van der Waals surface area contributed by atoms with E-state index in [9.17, 15) is 10.1 Å². The normalized spacial score (nSPS) is 11.9. The number of nitro groups is 1. The van der Waals surface area contributed by atoms with Crippen LogP contribution < -0.4 is 10.1 Å². The predicted molar refractivity (Wildman–Crippen MR) is 78.2 cm³/mol. The Labute approximate surface area is 118 Å². The number of aliphatic hydroxyl groups is 1. The van der Waals surface area contributed by atoms with Crippen molar-refractivity contribution in [2.75, 3.05) is 25.6 Å². The summed E-state index contributed by atoms with van der Waals surface area (Å²) in [6.45, 7) is 2.81. The molecule has 1 unspecified atom stereocenters. The van der Waals surface area contributed by atoms with Crippen LogP contribution in [0.25, 0.3) is 0 Å². The second-order valence-corrected chi connectivity index (χ2v) is 4.66. The summed E-state index contributed by atoms with van der Waals surface area (Å²) in [4.78, 5) is 10.7. The Morgan fingerprint density at radius 3 is 2.75 bits per heavy atom. The molecular formula is C14H22N2O4. The quantitative estimate of drug-likeness (QED) is 0.537.